The molecule has 0 saturated carbocycles. The Labute approximate surface area is 314 Å². The number of nitrogens with zero attached hydrogens (tertiary/aromatic N) is 1. The summed E-state index contributed by atoms with van der Waals surface area (Å²) in [6.07, 6.45) is 0. The second-order valence-corrected chi connectivity index (χ2v) is 16.1. The summed E-state index contributed by atoms with van der Waals surface area (Å²) in [6, 6.07) is 60.2. The highest BCUT2D eigenvalue weighted by atomic mass is 32.1. The number of benzene rings is 8. The van der Waals surface area contributed by atoms with E-state index < -0.39 is 0 Å². The van der Waals surface area contributed by atoms with Crippen molar-refractivity contribution in [1.82, 2.24) is 4.57 Å². The molecular weight excluding hydrogens is 679 g/mol. The summed E-state index contributed by atoms with van der Waals surface area (Å²) in [7, 11) is 2.45. The average Bonchev–Trinajstić information content (AvgIpc) is 3.88. The van der Waals surface area contributed by atoms with E-state index in [0.717, 1.165) is 11.4 Å². The molecule has 0 amide bonds. The first-order chi connectivity index (χ1) is 26.3. The van der Waals surface area contributed by atoms with Crippen molar-refractivity contribution in [3.63, 3.8) is 0 Å². The number of thiophene rings is 2. The molecule has 4 heterocycles. The summed E-state index contributed by atoms with van der Waals surface area (Å²) in [4.78, 5) is 0. The lowest BCUT2D eigenvalue weighted by Gasteiger charge is -2.25. The van der Waals surface area contributed by atoms with Crippen molar-refractivity contribution in [3.8, 4) is 27.9 Å². The Kier molecular flexibility index (Phi) is 6.21. The Bertz CT molecular complexity index is 3300. The average molecular weight is 708 g/mol. The first-order valence-electron chi connectivity index (χ1n) is 18.0. The smallest absolute Gasteiger partial charge is 0.197 e. The van der Waals surface area contributed by atoms with Gasteiger partial charge in [0.05, 0.1) is 5.52 Å². The van der Waals surface area contributed by atoms with Crippen LogP contribution in [0.2, 0.25) is 0 Å². The van der Waals surface area contributed by atoms with Gasteiger partial charge in [0.2, 0.25) is 0 Å². The molecule has 11 aromatic rings. The Morgan fingerprint density at radius 2 is 1.13 bits per heavy atom. The van der Waals surface area contributed by atoms with Crippen LogP contribution in [0, 0.1) is 0 Å². The number of rotatable bonds is 4. The van der Waals surface area contributed by atoms with Gasteiger partial charge in [-0.2, -0.15) is 0 Å². The Morgan fingerprint density at radius 1 is 0.472 bits per heavy atom. The molecule has 0 bridgehead atoms. The Balaban J connectivity index is 1.21. The fourth-order valence-electron chi connectivity index (χ4n) is 8.67. The van der Waals surface area contributed by atoms with E-state index >= 15 is 0 Å². The molecule has 0 unspecified atom stereocenters. The highest BCUT2D eigenvalue weighted by Gasteiger charge is 2.29. The van der Waals surface area contributed by atoms with Crippen LogP contribution in [0.5, 0.6) is 0 Å². The maximum Gasteiger partial charge on any atom is 0.197 e. The van der Waals surface area contributed by atoms with Crippen LogP contribution < -0.4 is 16.2 Å². The van der Waals surface area contributed by atoms with Gasteiger partial charge in [-0.25, -0.2) is 0 Å². The SMILES string of the molecule is [B]1c2cc3sc4ccccc4c3cc2-n2c3ccccc3c3c(-c4ccc5c(c4)sc4ccccc45)cc(-c4ccccc4Nc4ccccc4)c1c32. The highest BCUT2D eigenvalue weighted by molar-refractivity contribution is 7.26. The van der Waals surface area contributed by atoms with Crippen molar-refractivity contribution in [2.75, 3.05) is 5.32 Å². The quantitative estimate of drug-likeness (QED) is 0.180. The van der Waals surface area contributed by atoms with Gasteiger partial charge in [-0.05, 0) is 82.8 Å². The summed E-state index contributed by atoms with van der Waals surface area (Å²) in [5.41, 5.74) is 13.3. The fraction of sp³-hybridized carbons (Fsp3) is 0. The number of hydrogen-bond donors (Lipinski definition) is 1. The predicted molar refractivity (Wildman–Crippen MR) is 232 cm³/mol. The van der Waals surface area contributed by atoms with Crippen molar-refractivity contribution in [2.24, 2.45) is 0 Å². The molecule has 53 heavy (non-hydrogen) atoms. The molecule has 5 heteroatoms. The zero-order chi connectivity index (χ0) is 34.6. The standard InChI is InChI=1S/C48H28BN2S2/c1-2-12-29(13-3-1)50-39-18-8-4-14-30(39)37-25-35(28-22-23-33-31-15-6-10-20-42(31)52-44(33)24-28)46-34-17-5-9-19-40(34)51-41-26-36-32-16-7-11-21-43(32)53-45(36)27-38(41)49-47(37)48(46)51/h1-27,50H. The van der Waals surface area contributed by atoms with E-state index in [-0.39, 0.29) is 0 Å². The number of hydrogen-bond acceptors (Lipinski definition) is 3. The van der Waals surface area contributed by atoms with Gasteiger partial charge in [-0.3, -0.25) is 0 Å². The van der Waals surface area contributed by atoms with E-state index in [1.165, 1.54) is 101 Å². The van der Waals surface area contributed by atoms with E-state index in [2.05, 4.69) is 181 Å². The number of nitrogens with one attached hydrogen (secondary N) is 1. The maximum atomic E-state index is 3.77. The molecule has 1 N–H and O–H groups in total. The second-order valence-electron chi connectivity index (χ2n) is 14.0. The third-order valence-electron chi connectivity index (χ3n) is 11.0. The zero-order valence-electron chi connectivity index (χ0n) is 28.4. The first-order valence-corrected chi connectivity index (χ1v) is 19.6. The van der Waals surface area contributed by atoms with Gasteiger partial charge in [0, 0.05) is 79.3 Å². The molecule has 1 radical (unpaired) electrons. The first kappa shape index (κ1) is 29.4. The monoisotopic (exact) mass is 707 g/mol. The van der Waals surface area contributed by atoms with Crippen LogP contribution in [0.15, 0.2) is 164 Å². The van der Waals surface area contributed by atoms with Crippen LogP contribution in [0.3, 0.4) is 0 Å². The molecule has 8 aromatic carbocycles. The largest absolute Gasteiger partial charge is 0.355 e. The Morgan fingerprint density at radius 3 is 1.96 bits per heavy atom. The van der Waals surface area contributed by atoms with Crippen molar-refractivity contribution in [1.29, 1.82) is 0 Å². The molecule has 245 valence electrons. The van der Waals surface area contributed by atoms with Gasteiger partial charge in [0.1, 0.15) is 0 Å². The maximum absolute atomic E-state index is 3.77. The summed E-state index contributed by atoms with van der Waals surface area (Å²) in [5, 5.41) is 11.6. The van der Waals surface area contributed by atoms with Crippen LogP contribution in [0.25, 0.3) is 90.1 Å². The minimum Gasteiger partial charge on any atom is -0.355 e. The normalized spacial score (nSPS) is 12.3. The summed E-state index contributed by atoms with van der Waals surface area (Å²) in [6.45, 7) is 0. The Hall–Kier alpha value is -6.14. The van der Waals surface area contributed by atoms with E-state index in [1.807, 2.05) is 22.7 Å². The van der Waals surface area contributed by atoms with Gasteiger partial charge in [-0.1, -0.05) is 109 Å². The molecule has 0 fully saturated rings. The summed E-state index contributed by atoms with van der Waals surface area (Å²) < 4.78 is 7.84. The van der Waals surface area contributed by atoms with E-state index in [9.17, 15) is 0 Å². The fourth-order valence-corrected chi connectivity index (χ4v) is 11.0. The second kappa shape index (κ2) is 11.2. The predicted octanol–water partition coefficient (Wildman–Crippen LogP) is 12.6. The van der Waals surface area contributed by atoms with E-state index in [4.69, 9.17) is 0 Å². The van der Waals surface area contributed by atoms with E-state index in [0.29, 0.717) is 0 Å². The molecular formula is C48H28BN2S2. The molecule has 0 saturated heterocycles. The molecule has 0 aliphatic carbocycles. The minimum absolute atomic E-state index is 1.07. The van der Waals surface area contributed by atoms with E-state index in [1.54, 1.807) is 0 Å². The van der Waals surface area contributed by atoms with Crippen LogP contribution in [0.1, 0.15) is 0 Å². The number of aromatic nitrogens is 1. The van der Waals surface area contributed by atoms with Gasteiger partial charge in [-0.15, -0.1) is 22.7 Å². The summed E-state index contributed by atoms with van der Waals surface area (Å²) >= 11 is 3.76. The molecule has 12 rings (SSSR count). The van der Waals surface area contributed by atoms with Crippen LogP contribution in [0.4, 0.5) is 11.4 Å². The minimum atomic E-state index is 1.07. The molecule has 2 nitrogen and oxygen atoms in total. The molecule has 0 spiro atoms. The van der Waals surface area contributed by atoms with Crippen molar-refractivity contribution >= 4 is 114 Å². The molecule has 1 aliphatic heterocycles. The van der Waals surface area contributed by atoms with Crippen molar-refractivity contribution < 1.29 is 0 Å². The van der Waals surface area contributed by atoms with Gasteiger partial charge in [0.25, 0.3) is 0 Å². The third-order valence-corrected chi connectivity index (χ3v) is 13.3. The van der Waals surface area contributed by atoms with Crippen LogP contribution >= 0.6 is 22.7 Å². The molecule has 1 aliphatic rings. The summed E-state index contributed by atoms with van der Waals surface area (Å²) in [5.74, 6) is 0. The topological polar surface area (TPSA) is 17.0 Å². The lowest BCUT2D eigenvalue weighted by Crippen LogP contribution is -2.37. The number of para-hydroxylation sites is 3. The molecule has 3 aromatic heterocycles. The molecule has 0 atom stereocenters. The van der Waals surface area contributed by atoms with Crippen LogP contribution in [-0.4, -0.2) is 11.8 Å². The number of anilines is 2. The van der Waals surface area contributed by atoms with Crippen LogP contribution in [-0.2, 0) is 0 Å². The van der Waals surface area contributed by atoms with Crippen molar-refractivity contribution in [2.45, 2.75) is 0 Å². The van der Waals surface area contributed by atoms with Gasteiger partial charge in [0.15, 0.2) is 7.28 Å². The lowest BCUT2D eigenvalue weighted by atomic mass is 9.58. The van der Waals surface area contributed by atoms with Gasteiger partial charge < -0.3 is 9.88 Å². The zero-order valence-corrected chi connectivity index (χ0v) is 30.1. The number of fused-ring (bicyclic) bond motifs is 11. The van der Waals surface area contributed by atoms with Crippen molar-refractivity contribution in [3.05, 3.63) is 164 Å². The third kappa shape index (κ3) is 4.32. The lowest BCUT2D eigenvalue weighted by molar-refractivity contribution is 1.20. The van der Waals surface area contributed by atoms with Gasteiger partial charge >= 0.3 is 0 Å². The highest BCUT2D eigenvalue weighted by Crippen LogP contribution is 2.45.